The number of hydroxylamine groups is 1. The topological polar surface area (TPSA) is 291 Å². The van der Waals surface area contributed by atoms with Gasteiger partial charge in [-0.05, 0) is 7.05 Å². The fourth-order valence-electron chi connectivity index (χ4n) is 4.13. The lowest BCUT2D eigenvalue weighted by Gasteiger charge is -2.34. The van der Waals surface area contributed by atoms with Gasteiger partial charge in [0.2, 0.25) is 35.4 Å². The Bertz CT molecular complexity index is 995. The molecule has 0 spiro atoms. The summed E-state index contributed by atoms with van der Waals surface area (Å²) in [5, 5.41) is 18.0. The molecule has 0 aliphatic rings. The van der Waals surface area contributed by atoms with Crippen molar-refractivity contribution in [2.24, 2.45) is 0 Å². The van der Waals surface area contributed by atoms with Crippen molar-refractivity contribution < 1.29 is 76.2 Å². The molecule has 24 heteroatoms. The molecule has 0 radical (unpaired) electrons. The molecule has 0 atom stereocenters. The van der Waals surface area contributed by atoms with Crippen LogP contribution in [0.2, 0.25) is 0 Å². The number of rotatable bonds is 37. The van der Waals surface area contributed by atoms with Gasteiger partial charge in [-0.25, -0.2) is 5.48 Å². The Hall–Kier alpha value is -3.66. The van der Waals surface area contributed by atoms with E-state index in [0.717, 1.165) is 0 Å². The molecule has 0 aromatic carbocycles. The van der Waals surface area contributed by atoms with E-state index in [1.807, 2.05) is 0 Å². The van der Waals surface area contributed by atoms with Crippen molar-refractivity contribution in [3.05, 3.63) is 0 Å². The van der Waals surface area contributed by atoms with E-state index in [1.54, 1.807) is 14.1 Å². The van der Waals surface area contributed by atoms with Crippen LogP contribution >= 0.6 is 0 Å². The highest BCUT2D eigenvalue weighted by Gasteiger charge is 2.36. The molecule has 56 heavy (non-hydrogen) atoms. The third-order valence-corrected chi connectivity index (χ3v) is 6.85. The molecule has 0 saturated carbocycles. The third-order valence-electron chi connectivity index (χ3n) is 6.85. The fourth-order valence-corrected chi connectivity index (χ4v) is 4.13. The van der Waals surface area contributed by atoms with Gasteiger partial charge in [-0.3, -0.25) is 38.9 Å². The summed E-state index contributed by atoms with van der Waals surface area (Å²) in [5.74, 6) is -2.87. The van der Waals surface area contributed by atoms with Crippen LogP contribution in [0.25, 0.3) is 0 Å². The molecule has 0 heterocycles. The lowest BCUT2D eigenvalue weighted by Crippen LogP contribution is -2.60. The van der Waals surface area contributed by atoms with E-state index < -0.39 is 59.7 Å². The highest BCUT2D eigenvalue weighted by molar-refractivity contribution is 5.79. The van der Waals surface area contributed by atoms with Gasteiger partial charge in [-0.1, -0.05) is 0 Å². The third kappa shape index (κ3) is 27.0. The first kappa shape index (κ1) is 52.3. The summed E-state index contributed by atoms with van der Waals surface area (Å²) in [5.41, 5.74) is -0.205. The van der Waals surface area contributed by atoms with E-state index in [-0.39, 0.29) is 106 Å². The van der Waals surface area contributed by atoms with Gasteiger partial charge in [0.1, 0.15) is 57.5 Å². The van der Waals surface area contributed by atoms with Crippen LogP contribution in [0.5, 0.6) is 0 Å². The normalized spacial score (nSPS) is 11.5. The number of carbonyl (C=O) groups is 6. The zero-order valence-electron chi connectivity index (χ0n) is 33.3. The number of hydrogen-bond donors (Lipinski definition) is 8. The van der Waals surface area contributed by atoms with Crippen LogP contribution in [0.15, 0.2) is 0 Å². The summed E-state index contributed by atoms with van der Waals surface area (Å²) in [6.07, 6.45) is 0. The summed E-state index contributed by atoms with van der Waals surface area (Å²) in [6.45, 7) is -3.34. The van der Waals surface area contributed by atoms with Gasteiger partial charge in [0.15, 0.2) is 0 Å². The average Bonchev–Trinajstić information content (AvgIpc) is 3.18. The van der Waals surface area contributed by atoms with Crippen LogP contribution in [0.4, 0.5) is 0 Å². The maximum atomic E-state index is 13.0. The van der Waals surface area contributed by atoms with E-state index in [1.165, 1.54) is 28.2 Å². The van der Waals surface area contributed by atoms with E-state index in [2.05, 4.69) is 42.7 Å². The molecular formula is C32H62N8O16. The summed E-state index contributed by atoms with van der Waals surface area (Å²) >= 11 is 0. The molecule has 0 rings (SSSR count). The number of nitrogens with one attached hydrogen (secondary N) is 8. The molecule has 0 aliphatic heterocycles. The molecular weight excluding hydrogens is 752 g/mol. The summed E-state index contributed by atoms with van der Waals surface area (Å²) in [6, 6.07) is 0. The summed E-state index contributed by atoms with van der Waals surface area (Å²) < 4.78 is 49.6. The molecule has 326 valence electrons. The highest BCUT2D eigenvalue weighted by Crippen LogP contribution is 2.11. The number of ether oxygens (including phenoxy) is 9. The zero-order chi connectivity index (χ0) is 41.9. The Labute approximate surface area is 327 Å². The van der Waals surface area contributed by atoms with Crippen LogP contribution in [-0.4, -0.2) is 208 Å². The van der Waals surface area contributed by atoms with Crippen LogP contribution in [0, 0.1) is 0 Å². The van der Waals surface area contributed by atoms with Crippen molar-refractivity contribution in [3.63, 3.8) is 0 Å². The van der Waals surface area contributed by atoms with Crippen LogP contribution < -0.4 is 42.7 Å². The first-order valence-electron chi connectivity index (χ1n) is 17.5. The molecule has 8 N–H and O–H groups in total. The second-order valence-corrected chi connectivity index (χ2v) is 11.7. The van der Waals surface area contributed by atoms with E-state index >= 15 is 0 Å². The Morgan fingerprint density at radius 1 is 0.393 bits per heavy atom. The summed E-state index contributed by atoms with van der Waals surface area (Å²) in [4.78, 5) is 78.3. The minimum absolute atomic E-state index is 0.104. The van der Waals surface area contributed by atoms with E-state index in [9.17, 15) is 28.8 Å². The predicted octanol–water partition coefficient (Wildman–Crippen LogP) is -5.88. The SMILES string of the molecule is CNCOCOCC(COCC(=O)NC)(COCC(=O)NC)NC(=O)COCCOCC(=O)NC(COCCONC)(COCC(=O)NC)COCC(=O)NC. The second kappa shape index (κ2) is 33.5. The first-order chi connectivity index (χ1) is 26.9. The van der Waals surface area contributed by atoms with Gasteiger partial charge in [0.25, 0.3) is 0 Å². The quantitative estimate of drug-likeness (QED) is 0.0165. The van der Waals surface area contributed by atoms with Crippen molar-refractivity contribution in [2.75, 3.05) is 162 Å². The van der Waals surface area contributed by atoms with Gasteiger partial charge in [-0.15, -0.1) is 0 Å². The van der Waals surface area contributed by atoms with Crippen LogP contribution in [-0.2, 0) is 76.2 Å². The molecule has 0 saturated heterocycles. The molecule has 0 bridgehead atoms. The Kier molecular flexibility index (Phi) is 31.3. The van der Waals surface area contributed by atoms with Crippen molar-refractivity contribution in [1.82, 2.24) is 42.7 Å². The monoisotopic (exact) mass is 814 g/mol. The minimum Gasteiger partial charge on any atom is -0.376 e. The molecule has 0 aromatic heterocycles. The van der Waals surface area contributed by atoms with Gasteiger partial charge in [0.05, 0.1) is 72.8 Å². The van der Waals surface area contributed by atoms with Gasteiger partial charge in [0, 0.05) is 35.2 Å². The van der Waals surface area contributed by atoms with Crippen molar-refractivity contribution in [3.8, 4) is 0 Å². The molecule has 0 aromatic rings. The Balaban J connectivity index is 5.43. The lowest BCUT2D eigenvalue weighted by atomic mass is 10.0. The number of amides is 6. The number of hydrogen-bond acceptors (Lipinski definition) is 18. The zero-order valence-corrected chi connectivity index (χ0v) is 33.3. The molecule has 0 fully saturated rings. The van der Waals surface area contributed by atoms with Crippen molar-refractivity contribution >= 4 is 35.4 Å². The van der Waals surface area contributed by atoms with Crippen molar-refractivity contribution in [2.45, 2.75) is 11.1 Å². The fraction of sp³-hybridized carbons (Fsp3) is 0.812. The number of carbonyl (C=O) groups excluding carboxylic acids is 6. The average molecular weight is 815 g/mol. The van der Waals surface area contributed by atoms with Crippen LogP contribution in [0.3, 0.4) is 0 Å². The molecule has 0 aliphatic carbocycles. The maximum Gasteiger partial charge on any atom is 0.246 e. The van der Waals surface area contributed by atoms with Crippen LogP contribution in [0.1, 0.15) is 0 Å². The highest BCUT2D eigenvalue weighted by atomic mass is 16.7. The number of likely N-dealkylation sites (N-methyl/N-ethyl adjacent to an activating group) is 4. The smallest absolute Gasteiger partial charge is 0.246 e. The predicted molar refractivity (Wildman–Crippen MR) is 195 cm³/mol. The maximum absolute atomic E-state index is 13.0. The van der Waals surface area contributed by atoms with Crippen molar-refractivity contribution in [1.29, 1.82) is 0 Å². The Morgan fingerprint density at radius 3 is 1.09 bits per heavy atom. The Morgan fingerprint density at radius 2 is 0.732 bits per heavy atom. The van der Waals surface area contributed by atoms with E-state index in [4.69, 9.17) is 47.5 Å². The largest absolute Gasteiger partial charge is 0.376 e. The lowest BCUT2D eigenvalue weighted by molar-refractivity contribution is -0.141. The molecule has 6 amide bonds. The van der Waals surface area contributed by atoms with Gasteiger partial charge < -0.3 is 74.5 Å². The summed E-state index contributed by atoms with van der Waals surface area (Å²) in [7, 11) is 9.03. The van der Waals surface area contributed by atoms with Gasteiger partial charge in [-0.2, -0.15) is 0 Å². The van der Waals surface area contributed by atoms with E-state index in [0.29, 0.717) is 0 Å². The molecule has 24 nitrogen and oxygen atoms in total. The van der Waals surface area contributed by atoms with Gasteiger partial charge >= 0.3 is 0 Å². The standard InChI is InChI=1S/C32H62N8O16/c1-33-23-55-24-54-22-32(20-52-13-27(43)36-4,21-53-14-28(44)37-5)40-30(46)16-48-8-7-47-15-29(45)39-31(17-49-9-10-56-38-6,18-50-11-25(41)34-2)19-51-12-26(42)35-3/h33,38H,7-24H2,1-6H3,(H,34,41)(H,35,42)(H,36,43)(H,37,44)(H,39,45)(H,40,46). The minimum atomic E-state index is -1.37. The second-order valence-electron chi connectivity index (χ2n) is 11.7. The first-order valence-corrected chi connectivity index (χ1v) is 17.5. The molecule has 0 unspecified atom stereocenters.